The van der Waals surface area contributed by atoms with Crippen LogP contribution in [-0.2, 0) is 19.1 Å². The quantitative estimate of drug-likeness (QED) is 0.287. The van der Waals surface area contributed by atoms with Gasteiger partial charge in [-0.2, -0.15) is 0 Å². The first-order valence-electron chi connectivity index (χ1n) is 5.51. The van der Waals surface area contributed by atoms with E-state index in [9.17, 15) is 9.59 Å². The Morgan fingerprint density at radius 2 is 1.65 bits per heavy atom. The van der Waals surface area contributed by atoms with Gasteiger partial charge in [0.1, 0.15) is 13.2 Å². The predicted octanol–water partition coefficient (Wildman–Crippen LogP) is 0.745. The number of carbonyl (C=O) groups is 2. The summed E-state index contributed by atoms with van der Waals surface area (Å²) in [6.45, 7) is 5.88. The predicted molar refractivity (Wildman–Crippen MR) is 64.2 cm³/mol. The lowest BCUT2D eigenvalue weighted by molar-refractivity contribution is -0.869. The van der Waals surface area contributed by atoms with E-state index in [1.807, 2.05) is 21.1 Å². The zero-order valence-electron chi connectivity index (χ0n) is 11.1. The summed E-state index contributed by atoms with van der Waals surface area (Å²) >= 11 is 0. The summed E-state index contributed by atoms with van der Waals surface area (Å²) in [4.78, 5) is 22.3. The van der Waals surface area contributed by atoms with Crippen molar-refractivity contribution in [2.24, 2.45) is 0 Å². The Balaban J connectivity index is 3.59. The van der Waals surface area contributed by atoms with Gasteiger partial charge in [-0.3, -0.25) is 4.79 Å². The van der Waals surface area contributed by atoms with E-state index in [-0.39, 0.29) is 19.2 Å². The maximum absolute atomic E-state index is 11.3. The molecule has 17 heavy (non-hydrogen) atoms. The number of nitrogens with zero attached hydrogens (tertiary/aromatic N) is 1. The summed E-state index contributed by atoms with van der Waals surface area (Å²) in [5, 5.41) is 0. The van der Waals surface area contributed by atoms with Crippen LogP contribution >= 0.6 is 0 Å². The maximum atomic E-state index is 11.3. The third-order valence-electron chi connectivity index (χ3n) is 1.91. The molecule has 0 radical (unpaired) electrons. The van der Waals surface area contributed by atoms with Crippen LogP contribution in [0.2, 0.25) is 0 Å². The molecule has 0 spiro atoms. The van der Waals surface area contributed by atoms with E-state index in [0.717, 1.165) is 0 Å². The normalized spacial score (nSPS) is 10.8. The molecule has 0 saturated heterocycles. The zero-order valence-corrected chi connectivity index (χ0v) is 11.1. The smallest absolute Gasteiger partial charge is 0.333 e. The van der Waals surface area contributed by atoms with Gasteiger partial charge in [-0.25, -0.2) is 4.79 Å². The van der Waals surface area contributed by atoms with Crippen molar-refractivity contribution < 1.29 is 23.5 Å². The van der Waals surface area contributed by atoms with E-state index in [4.69, 9.17) is 9.47 Å². The summed E-state index contributed by atoms with van der Waals surface area (Å²) in [7, 11) is 6.01. The minimum Gasteiger partial charge on any atom is -0.462 e. The Hall–Kier alpha value is -1.36. The molecule has 0 rings (SSSR count). The summed E-state index contributed by atoms with van der Waals surface area (Å²) in [5.74, 6) is -0.739. The lowest BCUT2D eigenvalue weighted by Crippen LogP contribution is -2.36. The van der Waals surface area contributed by atoms with Gasteiger partial charge < -0.3 is 14.0 Å². The van der Waals surface area contributed by atoms with E-state index < -0.39 is 5.97 Å². The number of rotatable bonds is 7. The van der Waals surface area contributed by atoms with Gasteiger partial charge in [-0.15, -0.1) is 0 Å². The average Bonchev–Trinajstić information content (AvgIpc) is 2.20. The van der Waals surface area contributed by atoms with Crippen molar-refractivity contribution in [3.63, 3.8) is 0 Å². The van der Waals surface area contributed by atoms with E-state index in [2.05, 4.69) is 6.58 Å². The van der Waals surface area contributed by atoms with Crippen molar-refractivity contribution in [3.8, 4) is 0 Å². The molecular formula is C12H22NO4+. The first-order valence-corrected chi connectivity index (χ1v) is 5.51. The number of hydrogen-bond donors (Lipinski definition) is 0. The average molecular weight is 244 g/mol. The standard InChI is InChI=1S/C12H22NO4/c1-10(2)12(15)17-9-8-16-11(14)6-7-13(3,4)5/h1,6-9H2,2-5H3/q+1. The van der Waals surface area contributed by atoms with Crippen LogP contribution in [-0.4, -0.2) is 57.3 Å². The highest BCUT2D eigenvalue weighted by molar-refractivity contribution is 5.86. The number of hydrogen-bond acceptors (Lipinski definition) is 4. The third kappa shape index (κ3) is 9.56. The Morgan fingerprint density at radius 3 is 2.12 bits per heavy atom. The molecule has 0 fully saturated rings. The van der Waals surface area contributed by atoms with Crippen LogP contribution in [0.25, 0.3) is 0 Å². The van der Waals surface area contributed by atoms with Crippen molar-refractivity contribution in [1.29, 1.82) is 0 Å². The second kappa shape index (κ2) is 7.06. The van der Waals surface area contributed by atoms with Gasteiger partial charge in [0.05, 0.1) is 34.1 Å². The molecule has 0 unspecified atom stereocenters. The van der Waals surface area contributed by atoms with Crippen molar-refractivity contribution >= 4 is 11.9 Å². The first-order chi connectivity index (χ1) is 7.72. The minimum atomic E-state index is -0.465. The molecule has 98 valence electrons. The second-order valence-electron chi connectivity index (χ2n) is 4.90. The van der Waals surface area contributed by atoms with Crippen LogP contribution in [0.3, 0.4) is 0 Å². The molecule has 0 aliphatic rings. The van der Waals surface area contributed by atoms with Crippen molar-refractivity contribution in [3.05, 3.63) is 12.2 Å². The molecule has 0 heterocycles. The molecule has 0 amide bonds. The Bertz CT molecular complexity index is 291. The molecule has 5 nitrogen and oxygen atoms in total. The van der Waals surface area contributed by atoms with Crippen molar-refractivity contribution in [2.45, 2.75) is 13.3 Å². The van der Waals surface area contributed by atoms with Gasteiger partial charge >= 0.3 is 11.9 Å². The first kappa shape index (κ1) is 15.6. The summed E-state index contributed by atoms with van der Waals surface area (Å²) in [6, 6.07) is 0. The van der Waals surface area contributed by atoms with Gasteiger partial charge in [0.15, 0.2) is 0 Å². The van der Waals surface area contributed by atoms with Gasteiger partial charge in [0.25, 0.3) is 0 Å². The third-order valence-corrected chi connectivity index (χ3v) is 1.91. The lowest BCUT2D eigenvalue weighted by atomic mass is 10.4. The summed E-state index contributed by atoms with van der Waals surface area (Å²) in [6.07, 6.45) is 0.359. The molecule has 0 aliphatic heterocycles. The molecule has 0 saturated carbocycles. The Labute approximate surface area is 103 Å². The van der Waals surface area contributed by atoms with Crippen LogP contribution < -0.4 is 0 Å². The van der Waals surface area contributed by atoms with E-state index in [1.165, 1.54) is 0 Å². The summed E-state index contributed by atoms with van der Waals surface area (Å²) < 4.78 is 10.4. The molecule has 0 N–H and O–H groups in total. The number of ether oxygens (including phenoxy) is 2. The number of esters is 2. The minimum absolute atomic E-state index is 0.0712. The SMILES string of the molecule is C=C(C)C(=O)OCCOC(=O)CC[N+](C)(C)C. The monoisotopic (exact) mass is 244 g/mol. The maximum Gasteiger partial charge on any atom is 0.333 e. The largest absolute Gasteiger partial charge is 0.462 e. The van der Waals surface area contributed by atoms with Gasteiger partial charge in [-0.05, 0) is 6.92 Å². The highest BCUT2D eigenvalue weighted by Crippen LogP contribution is 1.96. The molecule has 0 aromatic rings. The Morgan fingerprint density at radius 1 is 1.12 bits per heavy atom. The fourth-order valence-electron chi connectivity index (χ4n) is 0.912. The van der Waals surface area contributed by atoms with Gasteiger partial charge in [-0.1, -0.05) is 6.58 Å². The van der Waals surface area contributed by atoms with E-state index in [0.29, 0.717) is 23.0 Å². The fraction of sp³-hybridized carbons (Fsp3) is 0.667. The van der Waals surface area contributed by atoms with Crippen molar-refractivity contribution in [1.82, 2.24) is 0 Å². The molecule has 0 aromatic carbocycles. The highest BCUT2D eigenvalue weighted by Gasteiger charge is 2.12. The highest BCUT2D eigenvalue weighted by atomic mass is 16.6. The molecule has 0 aromatic heterocycles. The number of quaternary nitrogens is 1. The molecule has 0 atom stereocenters. The molecule has 0 aliphatic carbocycles. The fourth-order valence-corrected chi connectivity index (χ4v) is 0.912. The van der Waals surface area contributed by atoms with E-state index in [1.54, 1.807) is 6.92 Å². The lowest BCUT2D eigenvalue weighted by Gasteiger charge is -2.23. The van der Waals surface area contributed by atoms with Crippen LogP contribution in [0.1, 0.15) is 13.3 Å². The van der Waals surface area contributed by atoms with Gasteiger partial charge in [0, 0.05) is 5.57 Å². The van der Waals surface area contributed by atoms with Crippen LogP contribution in [0, 0.1) is 0 Å². The van der Waals surface area contributed by atoms with Crippen LogP contribution in [0.5, 0.6) is 0 Å². The van der Waals surface area contributed by atoms with Gasteiger partial charge in [0.2, 0.25) is 0 Å². The van der Waals surface area contributed by atoms with Crippen molar-refractivity contribution in [2.75, 3.05) is 40.9 Å². The second-order valence-corrected chi connectivity index (χ2v) is 4.90. The van der Waals surface area contributed by atoms with Crippen LogP contribution in [0.15, 0.2) is 12.2 Å². The van der Waals surface area contributed by atoms with Crippen LogP contribution in [0.4, 0.5) is 0 Å². The Kier molecular flexibility index (Phi) is 6.50. The molecule has 5 heteroatoms. The number of carbonyl (C=O) groups excluding carboxylic acids is 2. The zero-order chi connectivity index (χ0) is 13.5. The van der Waals surface area contributed by atoms with E-state index >= 15 is 0 Å². The molecular weight excluding hydrogens is 222 g/mol. The molecule has 0 bridgehead atoms. The summed E-state index contributed by atoms with van der Waals surface area (Å²) in [5.41, 5.74) is 0.335. The topological polar surface area (TPSA) is 52.6 Å².